The molecule has 0 aliphatic carbocycles. The molecule has 0 bridgehead atoms. The minimum atomic E-state index is -0.920. The minimum Gasteiger partial charge on any atom is -0.444 e. The summed E-state index contributed by atoms with van der Waals surface area (Å²) in [4.78, 5) is 40.9. The molecule has 0 saturated carbocycles. The number of carbonyl (C=O) groups excluding carboxylic acids is 3. The van der Waals surface area contributed by atoms with Crippen molar-refractivity contribution in [3.05, 3.63) is 71.8 Å². The first-order chi connectivity index (χ1) is 15.8. The minimum absolute atomic E-state index is 0.256. The van der Waals surface area contributed by atoms with Crippen molar-refractivity contribution in [3.8, 4) is 0 Å². The largest absolute Gasteiger partial charge is 0.444 e. The van der Waals surface area contributed by atoms with Gasteiger partial charge in [-0.25, -0.2) is 4.79 Å². The van der Waals surface area contributed by atoms with Crippen LogP contribution in [0, 0.1) is 0 Å². The SMILES string of the molecule is CN(C(=O)C(Cc1ccccc1)NC(=O)OC(C)(C)C)C(C(=O)NC(C)(C)C)c1ccccc1. The molecule has 2 N–H and O–H groups in total. The second kappa shape index (κ2) is 11.2. The summed E-state index contributed by atoms with van der Waals surface area (Å²) in [6, 6.07) is 16.7. The first kappa shape index (κ1) is 26.9. The lowest BCUT2D eigenvalue weighted by Crippen LogP contribution is -2.54. The highest BCUT2D eigenvalue weighted by molar-refractivity contribution is 5.92. The topological polar surface area (TPSA) is 87.7 Å². The maximum atomic E-state index is 13.7. The number of alkyl carbamates (subject to hydrolysis) is 1. The molecule has 0 aromatic heterocycles. The van der Waals surface area contributed by atoms with Crippen LogP contribution in [0.2, 0.25) is 0 Å². The van der Waals surface area contributed by atoms with Crippen LogP contribution in [-0.2, 0) is 20.7 Å². The van der Waals surface area contributed by atoms with Crippen molar-refractivity contribution in [2.45, 2.75) is 71.2 Å². The maximum absolute atomic E-state index is 13.7. The molecule has 2 rings (SSSR count). The van der Waals surface area contributed by atoms with Gasteiger partial charge < -0.3 is 20.3 Å². The monoisotopic (exact) mass is 467 g/mol. The van der Waals surface area contributed by atoms with Gasteiger partial charge in [-0.15, -0.1) is 0 Å². The molecule has 3 amide bonds. The van der Waals surface area contributed by atoms with Crippen LogP contribution in [0.3, 0.4) is 0 Å². The maximum Gasteiger partial charge on any atom is 0.408 e. The first-order valence-electron chi connectivity index (χ1n) is 11.4. The number of likely N-dealkylation sites (N-methyl/N-ethyl adjacent to an activating group) is 1. The molecule has 0 aliphatic heterocycles. The van der Waals surface area contributed by atoms with E-state index in [2.05, 4.69) is 10.6 Å². The van der Waals surface area contributed by atoms with Crippen molar-refractivity contribution in [1.29, 1.82) is 0 Å². The molecule has 184 valence electrons. The molecule has 0 aliphatic rings. The highest BCUT2D eigenvalue weighted by Gasteiger charge is 2.35. The second-order valence-corrected chi connectivity index (χ2v) is 10.4. The van der Waals surface area contributed by atoms with Crippen LogP contribution in [0.4, 0.5) is 4.79 Å². The van der Waals surface area contributed by atoms with Gasteiger partial charge in [-0.2, -0.15) is 0 Å². The molecule has 2 aromatic carbocycles. The van der Waals surface area contributed by atoms with Crippen LogP contribution in [0.15, 0.2) is 60.7 Å². The van der Waals surface area contributed by atoms with E-state index in [1.54, 1.807) is 27.8 Å². The Morgan fingerprint density at radius 3 is 1.91 bits per heavy atom. The number of nitrogens with zero attached hydrogens (tertiary/aromatic N) is 1. The highest BCUT2D eigenvalue weighted by Crippen LogP contribution is 2.22. The Labute approximate surface area is 202 Å². The number of hydrogen-bond acceptors (Lipinski definition) is 4. The summed E-state index contributed by atoms with van der Waals surface area (Å²) in [6.45, 7) is 10.9. The van der Waals surface area contributed by atoms with Gasteiger partial charge >= 0.3 is 6.09 Å². The van der Waals surface area contributed by atoms with Gasteiger partial charge in [-0.3, -0.25) is 9.59 Å². The van der Waals surface area contributed by atoms with E-state index in [0.717, 1.165) is 5.56 Å². The van der Waals surface area contributed by atoms with Crippen LogP contribution >= 0.6 is 0 Å². The van der Waals surface area contributed by atoms with E-state index in [0.29, 0.717) is 5.56 Å². The fraction of sp³-hybridized carbons (Fsp3) is 0.444. The molecule has 0 spiro atoms. The van der Waals surface area contributed by atoms with E-state index in [-0.39, 0.29) is 12.3 Å². The van der Waals surface area contributed by atoms with Gasteiger partial charge in [0.15, 0.2) is 0 Å². The summed E-state index contributed by atoms with van der Waals surface area (Å²) < 4.78 is 5.39. The van der Waals surface area contributed by atoms with Gasteiger partial charge in [0.05, 0.1) is 0 Å². The number of benzene rings is 2. The summed E-state index contributed by atoms with van der Waals surface area (Å²) in [5.74, 6) is -0.696. The third-order valence-electron chi connectivity index (χ3n) is 4.87. The molecule has 0 radical (unpaired) electrons. The molecule has 0 heterocycles. The Morgan fingerprint density at radius 1 is 0.882 bits per heavy atom. The molecule has 0 fully saturated rings. The summed E-state index contributed by atoms with van der Waals surface area (Å²) in [5.41, 5.74) is 0.360. The molecule has 7 nitrogen and oxygen atoms in total. The van der Waals surface area contributed by atoms with Gasteiger partial charge in [0.2, 0.25) is 11.8 Å². The van der Waals surface area contributed by atoms with Crippen molar-refractivity contribution < 1.29 is 19.1 Å². The van der Waals surface area contributed by atoms with Crippen LogP contribution in [-0.4, -0.2) is 47.0 Å². The Hall–Kier alpha value is -3.35. The summed E-state index contributed by atoms with van der Waals surface area (Å²) in [5, 5.41) is 5.68. The van der Waals surface area contributed by atoms with Gasteiger partial charge in [0, 0.05) is 19.0 Å². The first-order valence-corrected chi connectivity index (χ1v) is 11.4. The molecule has 34 heavy (non-hydrogen) atoms. The molecule has 2 atom stereocenters. The number of nitrogens with one attached hydrogen (secondary N) is 2. The van der Waals surface area contributed by atoms with E-state index in [9.17, 15) is 14.4 Å². The highest BCUT2D eigenvalue weighted by atomic mass is 16.6. The fourth-order valence-electron chi connectivity index (χ4n) is 3.50. The van der Waals surface area contributed by atoms with Crippen LogP contribution < -0.4 is 10.6 Å². The Kier molecular flexibility index (Phi) is 8.85. The number of hydrogen-bond donors (Lipinski definition) is 2. The molecule has 2 aromatic rings. The third kappa shape index (κ3) is 8.54. The number of carbonyl (C=O) groups is 3. The van der Waals surface area contributed by atoms with Gasteiger partial charge in [0.1, 0.15) is 17.7 Å². The fourth-order valence-corrected chi connectivity index (χ4v) is 3.50. The molecular weight excluding hydrogens is 430 g/mol. The standard InChI is InChI=1S/C27H37N3O4/c1-26(2,3)29-23(31)22(20-16-12-9-13-17-20)30(7)24(32)21(18-19-14-10-8-11-15-19)28-25(33)34-27(4,5)6/h8-17,21-22H,18H2,1-7H3,(H,28,33)(H,29,31). The Morgan fingerprint density at radius 2 is 1.41 bits per heavy atom. The van der Waals surface area contributed by atoms with E-state index in [4.69, 9.17) is 4.74 Å². The smallest absolute Gasteiger partial charge is 0.408 e. The number of rotatable bonds is 7. The van der Waals surface area contributed by atoms with E-state index >= 15 is 0 Å². The van der Waals surface area contributed by atoms with Crippen LogP contribution in [0.5, 0.6) is 0 Å². The molecule has 7 heteroatoms. The van der Waals surface area contributed by atoms with Gasteiger partial charge in [-0.05, 0) is 52.7 Å². The lowest BCUT2D eigenvalue weighted by atomic mass is 10.00. The second-order valence-electron chi connectivity index (χ2n) is 10.4. The summed E-state index contributed by atoms with van der Waals surface area (Å²) >= 11 is 0. The van der Waals surface area contributed by atoms with E-state index in [1.807, 2.05) is 81.4 Å². The quantitative estimate of drug-likeness (QED) is 0.638. The van der Waals surface area contributed by atoms with Crippen molar-refractivity contribution >= 4 is 17.9 Å². The predicted octanol–water partition coefficient (Wildman–Crippen LogP) is 4.24. The Balaban J connectivity index is 2.37. The van der Waals surface area contributed by atoms with Crippen LogP contribution in [0.25, 0.3) is 0 Å². The number of ether oxygens (including phenoxy) is 1. The number of amides is 3. The van der Waals surface area contributed by atoms with E-state index in [1.165, 1.54) is 4.90 Å². The van der Waals surface area contributed by atoms with Crippen molar-refractivity contribution in [2.75, 3.05) is 7.05 Å². The molecular formula is C27H37N3O4. The van der Waals surface area contributed by atoms with Crippen molar-refractivity contribution in [3.63, 3.8) is 0 Å². The van der Waals surface area contributed by atoms with Crippen molar-refractivity contribution in [1.82, 2.24) is 15.5 Å². The zero-order valence-electron chi connectivity index (χ0n) is 21.2. The predicted molar refractivity (Wildman–Crippen MR) is 133 cm³/mol. The van der Waals surface area contributed by atoms with Gasteiger partial charge in [-0.1, -0.05) is 60.7 Å². The average Bonchev–Trinajstić information content (AvgIpc) is 2.71. The normalized spacial score (nSPS) is 13.4. The molecule has 2 unspecified atom stereocenters. The van der Waals surface area contributed by atoms with Crippen molar-refractivity contribution in [2.24, 2.45) is 0 Å². The van der Waals surface area contributed by atoms with Crippen LogP contribution in [0.1, 0.15) is 58.7 Å². The summed E-state index contributed by atoms with van der Waals surface area (Å²) in [6.07, 6.45) is -0.434. The lowest BCUT2D eigenvalue weighted by molar-refractivity contribution is -0.141. The third-order valence-corrected chi connectivity index (χ3v) is 4.87. The average molecular weight is 468 g/mol. The van der Waals surface area contributed by atoms with Gasteiger partial charge in [0.25, 0.3) is 0 Å². The lowest BCUT2D eigenvalue weighted by Gasteiger charge is -2.33. The zero-order chi connectivity index (χ0) is 25.5. The Bertz CT molecular complexity index is 959. The molecule has 0 saturated heterocycles. The zero-order valence-corrected chi connectivity index (χ0v) is 21.2. The summed E-state index contributed by atoms with van der Waals surface area (Å²) in [7, 11) is 1.58. The van der Waals surface area contributed by atoms with E-state index < -0.39 is 35.2 Å².